The molecule has 0 saturated heterocycles. The van der Waals surface area contributed by atoms with E-state index in [2.05, 4.69) is 0 Å². The average molecular weight is 351 g/mol. The molecule has 0 heterocycles. The molecule has 0 spiro atoms. The van der Waals surface area contributed by atoms with E-state index in [0.29, 0.717) is 0 Å². The second-order valence-corrected chi connectivity index (χ2v) is 7.11. The highest BCUT2D eigenvalue weighted by Gasteiger charge is 1.93. The van der Waals surface area contributed by atoms with E-state index in [-0.39, 0.29) is 24.8 Å². The van der Waals surface area contributed by atoms with Crippen LogP contribution in [0, 0.1) is 0 Å². The van der Waals surface area contributed by atoms with E-state index in [1.54, 1.807) is 0 Å². The van der Waals surface area contributed by atoms with Gasteiger partial charge in [-0.15, -0.1) is 24.8 Å². The van der Waals surface area contributed by atoms with Crippen molar-refractivity contribution in [3.63, 3.8) is 0 Å². The number of unbranched alkanes of at least 4 members (excludes halogenated alkanes) is 8. The molecule has 2 nitrogen and oxygen atoms in total. The molecule has 4 N–H and O–H groups in total. The van der Waals surface area contributed by atoms with Gasteiger partial charge in [0, 0.05) is 18.1 Å². The number of halogens is 2. The summed E-state index contributed by atoms with van der Waals surface area (Å²) in [5.41, 5.74) is 10.9. The first-order valence-electron chi connectivity index (χ1n) is 7.06. The normalized spacial score (nSPS) is 9.79. The molecule has 0 aliphatic heterocycles. The van der Waals surface area contributed by atoms with Gasteiger partial charge >= 0.3 is 0 Å². The molecule has 0 unspecified atom stereocenters. The van der Waals surface area contributed by atoms with Crippen molar-refractivity contribution in [3.8, 4) is 0 Å². The zero-order valence-electron chi connectivity index (χ0n) is 12.0. The van der Waals surface area contributed by atoms with E-state index >= 15 is 0 Å². The first-order valence-corrected chi connectivity index (χ1v) is 9.55. The second-order valence-electron chi connectivity index (χ2n) is 4.40. The third kappa shape index (κ3) is 24.6. The summed E-state index contributed by atoms with van der Waals surface area (Å²) >= 11 is 0. The Morgan fingerprint density at radius 3 is 1.37 bits per heavy atom. The Bertz CT molecular complexity index is 130. The Kier molecular flexibility index (Phi) is 32.1. The topological polar surface area (TPSA) is 52.0 Å². The minimum absolute atomic E-state index is 0. The predicted octanol–water partition coefficient (Wildman–Crippen LogP) is 4.64. The highest BCUT2D eigenvalue weighted by atomic mass is 35.5. The number of hydrogen-bond acceptors (Lipinski definition) is 4. The van der Waals surface area contributed by atoms with E-state index in [0.717, 1.165) is 18.8 Å². The quantitative estimate of drug-likeness (QED) is 0.354. The summed E-state index contributed by atoms with van der Waals surface area (Å²) in [4.78, 5) is 0. The summed E-state index contributed by atoms with van der Waals surface area (Å²) in [6, 6.07) is 0. The number of rotatable bonds is 14. The van der Waals surface area contributed by atoms with Gasteiger partial charge in [-0.25, -0.2) is 0 Å². The number of nitrogens with two attached hydrogens (primary N) is 2. The highest BCUT2D eigenvalue weighted by Crippen LogP contribution is 2.22. The highest BCUT2D eigenvalue weighted by molar-refractivity contribution is 8.76. The van der Waals surface area contributed by atoms with Crippen LogP contribution in [0.2, 0.25) is 0 Å². The molecule has 0 aliphatic carbocycles. The Hall–Kier alpha value is 1.20. The Labute approximate surface area is 140 Å². The first-order chi connectivity index (χ1) is 8.41. The van der Waals surface area contributed by atoms with Gasteiger partial charge in [-0.3, -0.25) is 0 Å². The van der Waals surface area contributed by atoms with Crippen LogP contribution in [-0.2, 0) is 0 Å². The van der Waals surface area contributed by atoms with E-state index in [9.17, 15) is 0 Å². The molecule has 0 aromatic heterocycles. The fourth-order valence-electron chi connectivity index (χ4n) is 1.71. The van der Waals surface area contributed by atoms with Crippen LogP contribution in [0.1, 0.15) is 57.8 Å². The van der Waals surface area contributed by atoms with Gasteiger partial charge in [-0.1, -0.05) is 66.5 Å². The summed E-state index contributed by atoms with van der Waals surface area (Å²) in [5, 5.41) is 0. The first kappa shape index (κ1) is 25.2. The zero-order valence-corrected chi connectivity index (χ0v) is 15.2. The molecule has 0 aromatic rings. The number of hydrogen-bond donors (Lipinski definition) is 2. The molecule has 0 atom stereocenters. The van der Waals surface area contributed by atoms with Gasteiger partial charge in [0.05, 0.1) is 0 Å². The molecule has 19 heavy (non-hydrogen) atoms. The lowest BCUT2D eigenvalue weighted by molar-refractivity contribution is 0.568. The van der Waals surface area contributed by atoms with Gasteiger partial charge in [0.1, 0.15) is 0 Å². The standard InChI is InChI=1S/C13H30N2S2.2ClH/c14-10-8-6-4-2-1-3-5-7-9-12-16-17-13-11-15;;/h1-15H2;2*1H. The van der Waals surface area contributed by atoms with Crippen LogP contribution in [0.3, 0.4) is 0 Å². The maximum Gasteiger partial charge on any atom is 0.0160 e. The van der Waals surface area contributed by atoms with Crippen molar-refractivity contribution in [2.45, 2.75) is 57.8 Å². The van der Waals surface area contributed by atoms with E-state index in [1.807, 2.05) is 21.6 Å². The molecule has 0 bridgehead atoms. The lowest BCUT2D eigenvalue weighted by Crippen LogP contribution is -1.99. The van der Waals surface area contributed by atoms with E-state index in [1.165, 1.54) is 63.5 Å². The molecule has 0 amide bonds. The maximum absolute atomic E-state index is 5.46. The summed E-state index contributed by atoms with van der Waals surface area (Å²) < 4.78 is 0. The van der Waals surface area contributed by atoms with Crippen molar-refractivity contribution >= 4 is 46.4 Å². The molecule has 120 valence electrons. The van der Waals surface area contributed by atoms with Gasteiger partial charge in [0.2, 0.25) is 0 Å². The van der Waals surface area contributed by atoms with Crippen molar-refractivity contribution < 1.29 is 0 Å². The molecular formula is C13H32Cl2N2S2. The van der Waals surface area contributed by atoms with E-state index in [4.69, 9.17) is 11.5 Å². The molecule has 0 aliphatic rings. The van der Waals surface area contributed by atoms with E-state index < -0.39 is 0 Å². The molecule has 0 saturated carbocycles. The zero-order chi connectivity index (χ0) is 12.6. The van der Waals surface area contributed by atoms with Gasteiger partial charge in [-0.05, 0) is 19.4 Å². The minimum atomic E-state index is 0. The molecule has 0 rings (SSSR count). The van der Waals surface area contributed by atoms with Crippen molar-refractivity contribution in [1.82, 2.24) is 0 Å². The molecule has 0 fully saturated rings. The maximum atomic E-state index is 5.46. The van der Waals surface area contributed by atoms with Crippen LogP contribution in [0.5, 0.6) is 0 Å². The van der Waals surface area contributed by atoms with Gasteiger partial charge in [0.15, 0.2) is 0 Å². The lowest BCUT2D eigenvalue weighted by Gasteiger charge is -2.02. The summed E-state index contributed by atoms with van der Waals surface area (Å²) in [7, 11) is 3.89. The van der Waals surface area contributed by atoms with Gasteiger partial charge < -0.3 is 11.5 Å². The van der Waals surface area contributed by atoms with Crippen LogP contribution in [0.4, 0.5) is 0 Å². The fourth-order valence-corrected chi connectivity index (χ4v) is 3.71. The summed E-state index contributed by atoms with van der Waals surface area (Å²) in [5.74, 6) is 2.38. The van der Waals surface area contributed by atoms with Crippen LogP contribution in [-0.4, -0.2) is 24.6 Å². The van der Waals surface area contributed by atoms with Crippen molar-refractivity contribution in [3.05, 3.63) is 0 Å². The van der Waals surface area contributed by atoms with Crippen molar-refractivity contribution in [1.29, 1.82) is 0 Å². The third-order valence-corrected chi connectivity index (χ3v) is 5.24. The Balaban J connectivity index is -0.00000128. The lowest BCUT2D eigenvalue weighted by atomic mass is 10.1. The molecular weight excluding hydrogens is 319 g/mol. The van der Waals surface area contributed by atoms with Crippen LogP contribution in [0.15, 0.2) is 0 Å². The predicted molar refractivity (Wildman–Crippen MR) is 99.1 cm³/mol. The largest absolute Gasteiger partial charge is 0.330 e. The van der Waals surface area contributed by atoms with Crippen LogP contribution < -0.4 is 11.5 Å². The van der Waals surface area contributed by atoms with Gasteiger partial charge in [0.25, 0.3) is 0 Å². The monoisotopic (exact) mass is 350 g/mol. The van der Waals surface area contributed by atoms with Crippen molar-refractivity contribution in [2.24, 2.45) is 11.5 Å². The molecule has 0 aromatic carbocycles. The average Bonchev–Trinajstić information content (AvgIpc) is 2.35. The third-order valence-electron chi connectivity index (χ3n) is 2.72. The van der Waals surface area contributed by atoms with Gasteiger partial charge in [-0.2, -0.15) is 0 Å². The minimum Gasteiger partial charge on any atom is -0.330 e. The summed E-state index contributed by atoms with van der Waals surface area (Å²) in [6.45, 7) is 1.67. The second kappa shape index (κ2) is 24.2. The Morgan fingerprint density at radius 2 is 0.895 bits per heavy atom. The summed E-state index contributed by atoms with van der Waals surface area (Å²) in [6.07, 6.45) is 12.3. The smallest absolute Gasteiger partial charge is 0.0160 e. The Morgan fingerprint density at radius 1 is 0.474 bits per heavy atom. The SMILES string of the molecule is Cl.Cl.NCCCCCCCCCCCSSCCN. The van der Waals surface area contributed by atoms with Crippen molar-refractivity contribution in [2.75, 3.05) is 24.6 Å². The molecule has 6 heteroatoms. The van der Waals surface area contributed by atoms with Crippen LogP contribution in [0.25, 0.3) is 0 Å². The van der Waals surface area contributed by atoms with Crippen LogP contribution >= 0.6 is 46.4 Å². The molecule has 0 radical (unpaired) electrons. The fraction of sp³-hybridized carbons (Fsp3) is 1.00.